The van der Waals surface area contributed by atoms with Crippen LogP contribution in [0.15, 0.2) is 17.2 Å². The number of hydrogen-bond acceptors (Lipinski definition) is 2. The summed E-state index contributed by atoms with van der Waals surface area (Å²) < 4.78 is 3.60. The molecule has 0 aliphatic heterocycles. The quantitative estimate of drug-likeness (QED) is 0.772. The van der Waals surface area contributed by atoms with Crippen LogP contribution in [-0.4, -0.2) is 21.7 Å². The molecule has 1 rings (SSSR count). The average molecular weight is 253 g/mol. The Bertz CT molecular complexity index is 392. The lowest BCUT2D eigenvalue weighted by molar-refractivity contribution is 0.410. The summed E-state index contributed by atoms with van der Waals surface area (Å²) in [6.07, 6.45) is 7.16. The summed E-state index contributed by atoms with van der Waals surface area (Å²) in [5.74, 6) is 0. The van der Waals surface area contributed by atoms with Gasteiger partial charge in [0, 0.05) is 31.0 Å². The number of rotatable bonds is 8. The second kappa shape index (κ2) is 7.41. The van der Waals surface area contributed by atoms with Crippen molar-refractivity contribution < 1.29 is 0 Å². The molecule has 1 atom stereocenters. The van der Waals surface area contributed by atoms with E-state index >= 15 is 0 Å². The zero-order chi connectivity index (χ0) is 13.5. The summed E-state index contributed by atoms with van der Waals surface area (Å²) in [5, 5.41) is 3.52. The van der Waals surface area contributed by atoms with E-state index < -0.39 is 0 Å². The molecule has 1 aromatic heterocycles. The molecule has 1 N–H and O–H groups in total. The normalized spacial score (nSPS) is 13.2. The lowest BCUT2D eigenvalue weighted by Crippen LogP contribution is -2.37. The fourth-order valence-corrected chi connectivity index (χ4v) is 2.15. The van der Waals surface area contributed by atoms with Crippen molar-refractivity contribution in [1.82, 2.24) is 14.5 Å². The molecule has 0 bridgehead atoms. The Kier molecular flexibility index (Phi) is 6.19. The molecule has 4 heteroatoms. The van der Waals surface area contributed by atoms with E-state index in [2.05, 4.69) is 19.2 Å². The fraction of sp³-hybridized carbons (Fsp3) is 0.786. The number of aromatic nitrogens is 2. The highest BCUT2D eigenvalue weighted by Gasteiger charge is 2.11. The summed E-state index contributed by atoms with van der Waals surface area (Å²) in [6, 6.07) is 0.627. The minimum Gasteiger partial charge on any atom is -0.312 e. The Hall–Kier alpha value is -1.03. The van der Waals surface area contributed by atoms with E-state index in [1.807, 2.05) is 30.8 Å². The van der Waals surface area contributed by atoms with Gasteiger partial charge in [0.2, 0.25) is 0 Å². The van der Waals surface area contributed by atoms with Crippen molar-refractivity contribution >= 4 is 0 Å². The van der Waals surface area contributed by atoms with Gasteiger partial charge in [-0.2, -0.15) is 0 Å². The summed E-state index contributed by atoms with van der Waals surface area (Å²) >= 11 is 0. The Morgan fingerprint density at radius 1 is 1.22 bits per heavy atom. The average Bonchev–Trinajstić information content (AvgIpc) is 2.68. The molecule has 0 radical (unpaired) electrons. The van der Waals surface area contributed by atoms with Gasteiger partial charge in [0.1, 0.15) is 0 Å². The first-order valence-electron chi connectivity index (χ1n) is 7.10. The summed E-state index contributed by atoms with van der Waals surface area (Å²) in [4.78, 5) is 12.1. The molecule has 18 heavy (non-hydrogen) atoms. The molecular weight excluding hydrogens is 226 g/mol. The van der Waals surface area contributed by atoms with Gasteiger partial charge in [0.15, 0.2) is 0 Å². The van der Waals surface area contributed by atoms with Gasteiger partial charge in [0.25, 0.3) is 0 Å². The van der Waals surface area contributed by atoms with E-state index in [0.717, 1.165) is 32.4 Å². The SMILES string of the molecule is CCCNC(CCC)Cn1ccn(C(C)C)c1=O. The third kappa shape index (κ3) is 4.02. The van der Waals surface area contributed by atoms with E-state index in [9.17, 15) is 4.79 Å². The van der Waals surface area contributed by atoms with Crippen LogP contribution in [0, 0.1) is 0 Å². The molecule has 0 saturated carbocycles. The molecule has 0 aromatic carbocycles. The Labute approximate surface area is 110 Å². The van der Waals surface area contributed by atoms with Crippen molar-refractivity contribution in [2.75, 3.05) is 6.54 Å². The molecule has 1 heterocycles. The molecule has 104 valence electrons. The van der Waals surface area contributed by atoms with Crippen LogP contribution in [0.5, 0.6) is 0 Å². The van der Waals surface area contributed by atoms with E-state index in [0.29, 0.717) is 6.04 Å². The van der Waals surface area contributed by atoms with Gasteiger partial charge < -0.3 is 5.32 Å². The second-order valence-electron chi connectivity index (χ2n) is 5.17. The van der Waals surface area contributed by atoms with Crippen LogP contribution >= 0.6 is 0 Å². The molecule has 0 amide bonds. The van der Waals surface area contributed by atoms with Gasteiger partial charge in [-0.1, -0.05) is 20.3 Å². The van der Waals surface area contributed by atoms with Crippen LogP contribution in [0.1, 0.15) is 53.0 Å². The predicted octanol–water partition coefficient (Wildman–Crippen LogP) is 2.40. The highest BCUT2D eigenvalue weighted by Crippen LogP contribution is 2.03. The fourth-order valence-electron chi connectivity index (χ4n) is 2.15. The Morgan fingerprint density at radius 2 is 1.94 bits per heavy atom. The van der Waals surface area contributed by atoms with Crippen molar-refractivity contribution in [3.05, 3.63) is 22.9 Å². The number of hydrogen-bond donors (Lipinski definition) is 1. The van der Waals surface area contributed by atoms with E-state index in [1.54, 1.807) is 4.57 Å². The molecule has 4 nitrogen and oxygen atoms in total. The van der Waals surface area contributed by atoms with Crippen LogP contribution in [0.25, 0.3) is 0 Å². The zero-order valence-corrected chi connectivity index (χ0v) is 12.1. The molecule has 0 fully saturated rings. The molecular formula is C14H27N3O. The Morgan fingerprint density at radius 3 is 2.44 bits per heavy atom. The van der Waals surface area contributed by atoms with Gasteiger partial charge in [0.05, 0.1) is 0 Å². The van der Waals surface area contributed by atoms with E-state index in [4.69, 9.17) is 0 Å². The number of nitrogens with one attached hydrogen (secondary N) is 1. The first-order valence-corrected chi connectivity index (χ1v) is 7.10. The van der Waals surface area contributed by atoms with Gasteiger partial charge in [-0.05, 0) is 33.2 Å². The first-order chi connectivity index (χ1) is 8.60. The number of imidazole rings is 1. The van der Waals surface area contributed by atoms with Crippen molar-refractivity contribution in [3.63, 3.8) is 0 Å². The van der Waals surface area contributed by atoms with Gasteiger partial charge in [-0.15, -0.1) is 0 Å². The highest BCUT2D eigenvalue weighted by atomic mass is 16.1. The lowest BCUT2D eigenvalue weighted by Gasteiger charge is -2.18. The van der Waals surface area contributed by atoms with Gasteiger partial charge >= 0.3 is 5.69 Å². The van der Waals surface area contributed by atoms with E-state index in [-0.39, 0.29) is 11.7 Å². The molecule has 1 aromatic rings. The molecule has 0 spiro atoms. The molecule has 0 saturated heterocycles. The maximum atomic E-state index is 12.1. The van der Waals surface area contributed by atoms with Gasteiger partial charge in [-0.25, -0.2) is 4.79 Å². The maximum Gasteiger partial charge on any atom is 0.328 e. The third-order valence-corrected chi connectivity index (χ3v) is 3.17. The first kappa shape index (κ1) is 15.0. The molecule has 0 aliphatic rings. The van der Waals surface area contributed by atoms with Crippen LogP contribution < -0.4 is 11.0 Å². The molecule has 1 unspecified atom stereocenters. The van der Waals surface area contributed by atoms with Crippen LogP contribution in [0.4, 0.5) is 0 Å². The minimum absolute atomic E-state index is 0.101. The monoisotopic (exact) mass is 253 g/mol. The molecule has 0 aliphatic carbocycles. The van der Waals surface area contributed by atoms with Crippen LogP contribution in [0.2, 0.25) is 0 Å². The highest BCUT2D eigenvalue weighted by molar-refractivity contribution is 4.85. The maximum absolute atomic E-state index is 12.1. The lowest BCUT2D eigenvalue weighted by atomic mass is 10.1. The third-order valence-electron chi connectivity index (χ3n) is 3.17. The largest absolute Gasteiger partial charge is 0.328 e. The minimum atomic E-state index is 0.101. The Balaban J connectivity index is 2.71. The van der Waals surface area contributed by atoms with Crippen LogP contribution in [0.3, 0.4) is 0 Å². The summed E-state index contributed by atoms with van der Waals surface area (Å²) in [7, 11) is 0. The van der Waals surface area contributed by atoms with Crippen molar-refractivity contribution in [3.8, 4) is 0 Å². The summed E-state index contributed by atoms with van der Waals surface area (Å²) in [5.41, 5.74) is 0.101. The van der Waals surface area contributed by atoms with Crippen LogP contribution in [-0.2, 0) is 6.54 Å². The summed E-state index contributed by atoms with van der Waals surface area (Å²) in [6.45, 7) is 10.2. The van der Waals surface area contributed by atoms with E-state index in [1.165, 1.54) is 0 Å². The second-order valence-corrected chi connectivity index (χ2v) is 5.17. The zero-order valence-electron chi connectivity index (χ0n) is 12.1. The van der Waals surface area contributed by atoms with Crippen molar-refractivity contribution in [2.45, 2.75) is 65.6 Å². The smallest absolute Gasteiger partial charge is 0.312 e. The van der Waals surface area contributed by atoms with Crippen molar-refractivity contribution in [1.29, 1.82) is 0 Å². The standard InChI is InChI=1S/C14H27N3O/c1-5-7-13(15-8-6-2)11-16-9-10-17(12(3)4)14(16)18/h9-10,12-13,15H,5-8,11H2,1-4H3. The predicted molar refractivity (Wildman–Crippen MR) is 76.1 cm³/mol. The van der Waals surface area contributed by atoms with Gasteiger partial charge in [-0.3, -0.25) is 9.13 Å². The number of nitrogens with zero attached hydrogens (tertiary/aromatic N) is 2. The topological polar surface area (TPSA) is 39.0 Å². The van der Waals surface area contributed by atoms with Crippen molar-refractivity contribution in [2.24, 2.45) is 0 Å².